The van der Waals surface area contributed by atoms with Gasteiger partial charge in [0, 0.05) is 6.42 Å². The third-order valence-corrected chi connectivity index (χ3v) is 4.38. The summed E-state index contributed by atoms with van der Waals surface area (Å²) in [5.74, 6) is -0.184. The first kappa shape index (κ1) is 24.2. The van der Waals surface area contributed by atoms with Gasteiger partial charge in [0.15, 0.2) is 0 Å². The van der Waals surface area contributed by atoms with Crippen LogP contribution in [-0.2, 0) is 9.53 Å². The summed E-state index contributed by atoms with van der Waals surface area (Å²) >= 11 is 0. The van der Waals surface area contributed by atoms with E-state index in [1.807, 2.05) is 0 Å². The number of hydrogen-bond donors (Lipinski definition) is 1. The lowest BCUT2D eigenvalue weighted by Crippen LogP contribution is -2.14. The average Bonchev–Trinajstić information content (AvgIpc) is 2.59. The van der Waals surface area contributed by atoms with Gasteiger partial charge in [0.05, 0.1) is 6.10 Å². The van der Waals surface area contributed by atoms with E-state index >= 15 is 0 Å². The predicted molar refractivity (Wildman–Crippen MR) is 107 cm³/mol. The molecule has 0 rings (SSSR count). The van der Waals surface area contributed by atoms with Gasteiger partial charge in [0.1, 0.15) is 6.61 Å². The summed E-state index contributed by atoms with van der Waals surface area (Å²) in [7, 11) is 0. The number of unbranched alkanes of at least 4 members (excludes halogenated alkanes) is 12. The van der Waals surface area contributed by atoms with E-state index in [1.165, 1.54) is 77.0 Å². The zero-order valence-electron chi connectivity index (χ0n) is 16.8. The van der Waals surface area contributed by atoms with Crippen LogP contribution in [0.1, 0.15) is 110 Å². The molecule has 0 aromatic heterocycles. The maximum Gasteiger partial charge on any atom is 0.305 e. The molecule has 0 saturated heterocycles. The summed E-state index contributed by atoms with van der Waals surface area (Å²) in [6.45, 7) is 4.00. The van der Waals surface area contributed by atoms with Gasteiger partial charge in [0.2, 0.25) is 0 Å². The zero-order valence-corrected chi connectivity index (χ0v) is 16.8. The Balaban J connectivity index is 3.18. The fourth-order valence-corrected chi connectivity index (χ4v) is 2.80. The monoisotopic (exact) mass is 354 g/mol. The molecule has 3 heteroatoms. The molecule has 1 atom stereocenters. The van der Waals surface area contributed by atoms with Gasteiger partial charge >= 0.3 is 5.97 Å². The molecule has 0 aliphatic rings. The third kappa shape index (κ3) is 21.1. The molecule has 0 amide bonds. The number of aliphatic hydroxyl groups is 1. The minimum Gasteiger partial charge on any atom is -0.463 e. The average molecular weight is 355 g/mol. The van der Waals surface area contributed by atoms with Crippen molar-refractivity contribution in [3.63, 3.8) is 0 Å². The molecule has 0 saturated carbocycles. The molecule has 0 aromatic carbocycles. The highest BCUT2D eigenvalue weighted by molar-refractivity contribution is 5.69. The van der Waals surface area contributed by atoms with Gasteiger partial charge in [-0.15, -0.1) is 0 Å². The summed E-state index contributed by atoms with van der Waals surface area (Å²) in [6, 6.07) is 0. The first-order chi connectivity index (χ1) is 12.2. The van der Waals surface area contributed by atoms with E-state index < -0.39 is 6.10 Å². The van der Waals surface area contributed by atoms with Crippen molar-refractivity contribution in [3.8, 4) is 0 Å². The van der Waals surface area contributed by atoms with Crippen molar-refractivity contribution in [2.75, 3.05) is 6.61 Å². The Morgan fingerprint density at radius 3 is 1.84 bits per heavy atom. The van der Waals surface area contributed by atoms with Crippen molar-refractivity contribution in [2.24, 2.45) is 0 Å². The first-order valence-electron chi connectivity index (χ1n) is 10.7. The number of hydrogen-bond acceptors (Lipinski definition) is 3. The van der Waals surface area contributed by atoms with Crippen LogP contribution >= 0.6 is 0 Å². The van der Waals surface area contributed by atoms with Gasteiger partial charge in [-0.1, -0.05) is 76.9 Å². The molecule has 0 aliphatic heterocycles. The minimum atomic E-state index is -0.566. The normalized spacial score (nSPS) is 12.6. The lowest BCUT2D eigenvalue weighted by atomic mass is 10.1. The van der Waals surface area contributed by atoms with Crippen molar-refractivity contribution in [1.82, 2.24) is 0 Å². The lowest BCUT2D eigenvalue weighted by molar-refractivity contribution is -0.146. The number of aliphatic hydroxyl groups excluding tert-OH is 1. The predicted octanol–water partition coefficient (Wildman–Crippen LogP) is 6.34. The van der Waals surface area contributed by atoms with E-state index in [0.29, 0.717) is 6.42 Å². The Kier molecular flexibility index (Phi) is 18.8. The maximum atomic E-state index is 11.4. The fourth-order valence-electron chi connectivity index (χ4n) is 2.80. The second-order valence-corrected chi connectivity index (χ2v) is 7.22. The van der Waals surface area contributed by atoms with Crippen LogP contribution in [0.2, 0.25) is 0 Å². The molecule has 0 aliphatic carbocycles. The molecule has 1 unspecified atom stereocenters. The highest BCUT2D eigenvalue weighted by Crippen LogP contribution is 2.10. The number of allylic oxidation sites excluding steroid dienone is 2. The second kappa shape index (κ2) is 19.5. The minimum absolute atomic E-state index is 0.116. The molecule has 1 N–H and O–H groups in total. The highest BCUT2D eigenvalue weighted by atomic mass is 16.5. The number of carbonyl (C=O) groups excluding carboxylic acids is 1. The van der Waals surface area contributed by atoms with Crippen LogP contribution in [0.3, 0.4) is 0 Å². The summed E-state index contributed by atoms with van der Waals surface area (Å²) in [5, 5.41) is 9.03. The van der Waals surface area contributed by atoms with Crippen molar-refractivity contribution in [3.05, 3.63) is 12.2 Å². The lowest BCUT2D eigenvalue weighted by Gasteiger charge is -2.06. The van der Waals surface area contributed by atoms with Crippen molar-refractivity contribution in [1.29, 1.82) is 0 Å². The Morgan fingerprint density at radius 2 is 1.32 bits per heavy atom. The maximum absolute atomic E-state index is 11.4. The smallest absolute Gasteiger partial charge is 0.305 e. The summed E-state index contributed by atoms with van der Waals surface area (Å²) in [5.41, 5.74) is 0. The third-order valence-electron chi connectivity index (χ3n) is 4.38. The van der Waals surface area contributed by atoms with E-state index in [1.54, 1.807) is 6.92 Å². The molecule has 0 spiro atoms. The number of esters is 1. The van der Waals surface area contributed by atoms with Crippen LogP contribution in [0.4, 0.5) is 0 Å². The van der Waals surface area contributed by atoms with Crippen molar-refractivity contribution >= 4 is 5.97 Å². The van der Waals surface area contributed by atoms with Crippen molar-refractivity contribution < 1.29 is 14.6 Å². The Morgan fingerprint density at radius 1 is 0.840 bits per heavy atom. The summed E-state index contributed by atoms with van der Waals surface area (Å²) in [4.78, 5) is 11.4. The van der Waals surface area contributed by atoms with E-state index in [-0.39, 0.29) is 12.6 Å². The van der Waals surface area contributed by atoms with Gasteiger partial charge < -0.3 is 9.84 Å². The Hall–Kier alpha value is -0.830. The summed E-state index contributed by atoms with van der Waals surface area (Å²) in [6.07, 6.45) is 22.4. The van der Waals surface area contributed by atoms with Crippen LogP contribution in [0.5, 0.6) is 0 Å². The molecule has 0 aromatic rings. The molecule has 0 fully saturated rings. The number of ether oxygens (including phenoxy) is 1. The molecule has 25 heavy (non-hydrogen) atoms. The quantitative estimate of drug-likeness (QED) is 0.177. The molecule has 0 heterocycles. The van der Waals surface area contributed by atoms with Gasteiger partial charge in [-0.25, -0.2) is 0 Å². The SMILES string of the molecule is CCCCCCCCC=CCCCCCCCCC(=O)OCC(C)O. The highest BCUT2D eigenvalue weighted by Gasteiger charge is 2.04. The molecule has 0 bridgehead atoms. The van der Waals surface area contributed by atoms with Crippen LogP contribution in [0.15, 0.2) is 12.2 Å². The summed E-state index contributed by atoms with van der Waals surface area (Å²) < 4.78 is 4.93. The Labute approximate surface area is 156 Å². The number of carbonyl (C=O) groups is 1. The van der Waals surface area contributed by atoms with Gasteiger partial charge in [-0.05, 0) is 39.0 Å². The largest absolute Gasteiger partial charge is 0.463 e. The molecule has 148 valence electrons. The van der Waals surface area contributed by atoms with E-state index in [2.05, 4.69) is 19.1 Å². The van der Waals surface area contributed by atoms with Crippen LogP contribution in [0.25, 0.3) is 0 Å². The van der Waals surface area contributed by atoms with E-state index in [0.717, 1.165) is 12.8 Å². The fraction of sp³-hybridized carbons (Fsp3) is 0.864. The van der Waals surface area contributed by atoms with E-state index in [9.17, 15) is 4.79 Å². The van der Waals surface area contributed by atoms with Crippen LogP contribution in [-0.4, -0.2) is 23.8 Å². The topological polar surface area (TPSA) is 46.5 Å². The second-order valence-electron chi connectivity index (χ2n) is 7.22. The van der Waals surface area contributed by atoms with Crippen LogP contribution in [0, 0.1) is 0 Å². The van der Waals surface area contributed by atoms with Gasteiger partial charge in [-0.2, -0.15) is 0 Å². The standard InChI is InChI=1S/C22H42O3/c1-3-4-5-6-7-8-9-10-11-12-13-14-15-16-17-18-19-22(24)25-20-21(2)23/h10-11,21,23H,3-9,12-20H2,1-2H3. The van der Waals surface area contributed by atoms with Gasteiger partial charge in [-0.3, -0.25) is 4.79 Å². The molecule has 0 radical (unpaired) electrons. The van der Waals surface area contributed by atoms with Crippen LogP contribution < -0.4 is 0 Å². The van der Waals surface area contributed by atoms with Crippen molar-refractivity contribution in [2.45, 2.75) is 116 Å². The first-order valence-corrected chi connectivity index (χ1v) is 10.7. The number of rotatable bonds is 18. The van der Waals surface area contributed by atoms with E-state index in [4.69, 9.17) is 9.84 Å². The zero-order chi connectivity index (χ0) is 18.6. The Bertz CT molecular complexity index is 310. The van der Waals surface area contributed by atoms with Gasteiger partial charge in [0.25, 0.3) is 0 Å². The molecular formula is C22H42O3. The molecular weight excluding hydrogens is 312 g/mol. The molecule has 3 nitrogen and oxygen atoms in total.